The van der Waals surface area contributed by atoms with Gasteiger partial charge in [0.2, 0.25) is 0 Å². The van der Waals surface area contributed by atoms with Gasteiger partial charge in [0.15, 0.2) is 0 Å². The van der Waals surface area contributed by atoms with Crippen molar-refractivity contribution in [2.75, 3.05) is 0 Å². The zero-order valence-electron chi connectivity index (χ0n) is 34.1. The summed E-state index contributed by atoms with van der Waals surface area (Å²) in [5.41, 5.74) is -0.527. The summed E-state index contributed by atoms with van der Waals surface area (Å²) in [6.07, 6.45) is -11.8. The fraction of sp³-hybridized carbons (Fsp3) is 0.102. The average Bonchev–Trinajstić information content (AvgIpc) is 3.30. The molecular formula is C49H29Cl4F12IrN4. The summed E-state index contributed by atoms with van der Waals surface area (Å²) in [6.45, 7) is 0. The molecule has 0 spiro atoms. The van der Waals surface area contributed by atoms with Crippen molar-refractivity contribution in [3.63, 3.8) is 0 Å². The maximum absolute atomic E-state index is 12.6. The molecule has 4 nitrogen and oxygen atoms in total. The van der Waals surface area contributed by atoms with Crippen molar-refractivity contribution in [1.29, 1.82) is 0 Å². The first-order valence-corrected chi connectivity index (χ1v) is 20.3. The third-order valence-electron chi connectivity index (χ3n) is 8.67. The van der Waals surface area contributed by atoms with E-state index in [2.05, 4.69) is 38.1 Å². The molecule has 0 aliphatic rings. The quantitative estimate of drug-likeness (QED) is 0.130. The Kier molecular flexibility index (Phi) is 21.4. The van der Waals surface area contributed by atoms with Gasteiger partial charge in [0.25, 0.3) is 0 Å². The van der Waals surface area contributed by atoms with Crippen molar-refractivity contribution in [3.05, 3.63) is 213 Å². The van der Waals surface area contributed by atoms with Crippen LogP contribution in [0.1, 0.15) is 29.7 Å². The SMILES string of the molecule is C.FC(F)(F)c1cc(-c2ccccn2)[c-]cc1Cl.FC(F)(F)c1cc(-c2ccccn2)[c-]cc1Cl.FC(F)(F)c1cc(-c2ccccn2)[c-]cc1Cl.FC(F)(F)c1cc(-c2ccccn2)ccc1Cl.[Ir+3]. The molecule has 70 heavy (non-hydrogen) atoms. The zero-order valence-corrected chi connectivity index (χ0v) is 39.5. The third kappa shape index (κ3) is 16.8. The first-order valence-electron chi connectivity index (χ1n) is 18.8. The Hall–Kier alpha value is -5.55. The van der Waals surface area contributed by atoms with Crippen LogP contribution in [0.2, 0.25) is 20.1 Å². The summed E-state index contributed by atoms with van der Waals surface area (Å²) < 4.78 is 152. The summed E-state index contributed by atoms with van der Waals surface area (Å²) in [6, 6.07) is 37.9. The van der Waals surface area contributed by atoms with Crippen molar-refractivity contribution >= 4 is 46.4 Å². The Balaban J connectivity index is 0.000000245. The molecule has 8 aromatic rings. The molecule has 0 N–H and O–H groups in total. The number of halogens is 16. The van der Waals surface area contributed by atoms with Gasteiger partial charge < -0.3 is 15.0 Å². The topological polar surface area (TPSA) is 51.6 Å². The molecule has 21 heteroatoms. The first-order chi connectivity index (χ1) is 31.9. The number of rotatable bonds is 4. The summed E-state index contributed by atoms with van der Waals surface area (Å²) in [4.78, 5) is 15.9. The summed E-state index contributed by atoms with van der Waals surface area (Å²) in [5.74, 6) is 0. The molecule has 0 saturated carbocycles. The molecule has 366 valence electrons. The van der Waals surface area contributed by atoms with E-state index in [4.69, 9.17) is 46.4 Å². The predicted molar refractivity (Wildman–Crippen MR) is 242 cm³/mol. The molecule has 0 fully saturated rings. The van der Waals surface area contributed by atoms with Crippen LogP contribution in [-0.4, -0.2) is 19.9 Å². The van der Waals surface area contributed by atoms with E-state index in [0.717, 1.165) is 42.5 Å². The first kappa shape index (κ1) is 58.8. The van der Waals surface area contributed by atoms with E-state index in [1.54, 1.807) is 72.8 Å². The van der Waals surface area contributed by atoms with Gasteiger partial charge in [0, 0.05) is 30.4 Å². The number of pyridine rings is 4. The van der Waals surface area contributed by atoms with E-state index in [9.17, 15) is 52.7 Å². The van der Waals surface area contributed by atoms with Gasteiger partial charge >= 0.3 is 44.8 Å². The van der Waals surface area contributed by atoms with Gasteiger partial charge in [-0.3, -0.25) is 4.98 Å². The Labute approximate surface area is 426 Å². The zero-order chi connectivity index (χ0) is 49.9. The minimum Gasteiger partial charge on any atom is -0.305 e. The monoisotopic (exact) mass is 1230 g/mol. The molecule has 4 aromatic heterocycles. The number of benzene rings is 4. The number of hydrogen-bond donors (Lipinski definition) is 0. The van der Waals surface area contributed by atoms with E-state index >= 15 is 0 Å². The van der Waals surface area contributed by atoms with Crippen LogP contribution in [0.5, 0.6) is 0 Å². The minimum atomic E-state index is -4.48. The molecule has 0 aliphatic carbocycles. The summed E-state index contributed by atoms with van der Waals surface area (Å²) >= 11 is 22.0. The second-order valence-corrected chi connectivity index (χ2v) is 15.0. The van der Waals surface area contributed by atoms with Crippen molar-refractivity contribution in [2.24, 2.45) is 0 Å². The van der Waals surface area contributed by atoms with Gasteiger partial charge in [-0.05, 0) is 91.3 Å². The van der Waals surface area contributed by atoms with E-state index in [0.29, 0.717) is 28.3 Å². The van der Waals surface area contributed by atoms with Crippen LogP contribution in [0.3, 0.4) is 0 Å². The van der Waals surface area contributed by atoms with Crippen LogP contribution in [-0.2, 0) is 44.8 Å². The molecular weight excluding hydrogens is 1210 g/mol. The maximum atomic E-state index is 12.6. The Morgan fingerprint density at radius 2 is 0.614 bits per heavy atom. The maximum Gasteiger partial charge on any atom is 3.00 e. The van der Waals surface area contributed by atoms with Gasteiger partial charge in [0.05, 0.1) is 16.3 Å². The minimum absolute atomic E-state index is 0. The van der Waals surface area contributed by atoms with Gasteiger partial charge in [0.1, 0.15) is 0 Å². The standard InChI is InChI=1S/C12H7ClF3N.3C12H6ClF3N.CH4.Ir/c4*13-10-5-4-8(7-9(10)12(14,15)16)11-3-1-2-6-17-11;;/h1-7H;3*1-3,5-7H;1H4;/q;3*-1;;+3. The fourth-order valence-electron chi connectivity index (χ4n) is 5.52. The number of alkyl halides is 12. The number of aromatic nitrogens is 4. The van der Waals surface area contributed by atoms with E-state index in [1.807, 2.05) is 0 Å². The van der Waals surface area contributed by atoms with Crippen LogP contribution in [0.25, 0.3) is 45.0 Å². The van der Waals surface area contributed by atoms with Gasteiger partial charge in [-0.2, -0.15) is 52.7 Å². The second kappa shape index (κ2) is 25.5. The molecule has 0 amide bonds. The van der Waals surface area contributed by atoms with Crippen molar-refractivity contribution in [3.8, 4) is 45.0 Å². The van der Waals surface area contributed by atoms with Gasteiger partial charge in [-0.1, -0.05) is 67.6 Å². The van der Waals surface area contributed by atoms with Crippen LogP contribution < -0.4 is 0 Å². The summed E-state index contributed by atoms with van der Waals surface area (Å²) in [5, 5.41) is -1.40. The van der Waals surface area contributed by atoms with Crippen molar-refractivity contribution < 1.29 is 72.8 Å². The van der Waals surface area contributed by atoms with Crippen LogP contribution >= 0.6 is 46.4 Å². The van der Waals surface area contributed by atoms with Crippen molar-refractivity contribution in [1.82, 2.24) is 19.9 Å². The fourth-order valence-corrected chi connectivity index (χ4v) is 6.39. The molecule has 4 aromatic carbocycles. The molecule has 0 saturated heterocycles. The number of nitrogens with zero attached hydrogens (tertiary/aromatic N) is 4. The largest absolute Gasteiger partial charge is 3.00 e. The normalized spacial score (nSPS) is 11.2. The third-order valence-corrected chi connectivity index (χ3v) is 9.94. The molecule has 0 aliphatic heterocycles. The Morgan fingerprint density at radius 3 is 0.871 bits per heavy atom. The average molecular weight is 1240 g/mol. The molecule has 4 heterocycles. The van der Waals surface area contributed by atoms with Crippen LogP contribution in [0.4, 0.5) is 52.7 Å². The smallest absolute Gasteiger partial charge is 0.305 e. The molecule has 8 rings (SSSR count). The van der Waals surface area contributed by atoms with E-state index in [-0.39, 0.29) is 64.3 Å². The van der Waals surface area contributed by atoms with E-state index in [1.165, 1.54) is 36.9 Å². The van der Waals surface area contributed by atoms with Crippen molar-refractivity contribution in [2.45, 2.75) is 32.1 Å². The van der Waals surface area contributed by atoms with E-state index < -0.39 is 47.0 Å². The number of hydrogen-bond acceptors (Lipinski definition) is 4. The Morgan fingerprint density at radius 1 is 0.343 bits per heavy atom. The molecule has 0 bridgehead atoms. The molecule has 0 unspecified atom stereocenters. The second-order valence-electron chi connectivity index (χ2n) is 13.4. The van der Waals surface area contributed by atoms with Gasteiger partial charge in [-0.25, -0.2) is 0 Å². The summed E-state index contributed by atoms with van der Waals surface area (Å²) in [7, 11) is 0. The van der Waals surface area contributed by atoms with Crippen LogP contribution in [0.15, 0.2) is 152 Å². The molecule has 0 atom stereocenters. The van der Waals surface area contributed by atoms with Crippen LogP contribution in [0, 0.1) is 18.2 Å². The molecule has 0 radical (unpaired) electrons. The Bertz CT molecular complexity index is 2500. The predicted octanol–water partition coefficient (Wildman–Crippen LogP) is 17.7. The van der Waals surface area contributed by atoms with Gasteiger partial charge in [-0.15, -0.1) is 106 Å².